The van der Waals surface area contributed by atoms with Gasteiger partial charge in [-0.25, -0.2) is 9.48 Å². The van der Waals surface area contributed by atoms with Crippen LogP contribution in [-0.4, -0.2) is 40.5 Å². The van der Waals surface area contributed by atoms with Crippen LogP contribution < -0.4 is 20.5 Å². The van der Waals surface area contributed by atoms with Crippen LogP contribution >= 0.6 is 0 Å². The molecular weight excluding hydrogens is 357 g/mol. The summed E-state index contributed by atoms with van der Waals surface area (Å²) in [5, 5.41) is 5.68. The topological polar surface area (TPSA) is 87.4 Å². The summed E-state index contributed by atoms with van der Waals surface area (Å²) >= 11 is 0. The number of ether oxygens (including phenoxy) is 2. The average molecular weight is 374 g/mol. The first-order chi connectivity index (χ1) is 12.2. The first-order valence-electron chi connectivity index (χ1n) is 7.47. The molecule has 0 spiro atoms. The van der Waals surface area contributed by atoms with Crippen molar-refractivity contribution in [3.8, 4) is 11.5 Å². The number of methoxy groups -OCH3 is 1. The van der Waals surface area contributed by atoms with E-state index in [9.17, 15) is 22.8 Å². The molecule has 0 aliphatic rings. The van der Waals surface area contributed by atoms with Crippen molar-refractivity contribution in [2.24, 2.45) is 7.05 Å². The molecule has 1 aromatic carbocycles. The number of hydrogen-bond donors (Lipinski definition) is 1. The summed E-state index contributed by atoms with van der Waals surface area (Å²) < 4.78 is 49.4. The predicted octanol–water partition coefficient (Wildman–Crippen LogP) is 0.804. The predicted molar refractivity (Wildman–Crippen MR) is 84.0 cm³/mol. The van der Waals surface area contributed by atoms with E-state index in [0.29, 0.717) is 20.7 Å². The zero-order valence-corrected chi connectivity index (χ0v) is 14.0. The number of rotatable bonds is 7. The van der Waals surface area contributed by atoms with Gasteiger partial charge in [-0.1, -0.05) is 6.07 Å². The van der Waals surface area contributed by atoms with Crippen LogP contribution in [0.3, 0.4) is 0 Å². The number of amides is 1. The molecule has 0 unspecified atom stereocenters. The number of halogens is 3. The van der Waals surface area contributed by atoms with E-state index in [4.69, 9.17) is 9.47 Å². The van der Waals surface area contributed by atoms with Gasteiger partial charge in [-0.15, -0.1) is 5.10 Å². The van der Waals surface area contributed by atoms with Crippen molar-refractivity contribution in [3.63, 3.8) is 0 Å². The monoisotopic (exact) mass is 374 g/mol. The van der Waals surface area contributed by atoms with E-state index in [1.807, 2.05) is 0 Å². The lowest BCUT2D eigenvalue weighted by Crippen LogP contribution is -2.34. The number of alkyl halides is 3. The second-order valence-corrected chi connectivity index (χ2v) is 5.20. The molecule has 26 heavy (non-hydrogen) atoms. The highest BCUT2D eigenvalue weighted by atomic mass is 19.4. The Labute approximate surface area is 146 Å². The average Bonchev–Trinajstić information content (AvgIpc) is 2.89. The summed E-state index contributed by atoms with van der Waals surface area (Å²) in [5.41, 5.74) is -0.917. The number of nitrogens with zero attached hydrogens (tertiary/aromatic N) is 3. The van der Waals surface area contributed by atoms with E-state index in [1.165, 1.54) is 7.11 Å². The van der Waals surface area contributed by atoms with Crippen LogP contribution in [0.5, 0.6) is 11.5 Å². The molecule has 142 valence electrons. The minimum atomic E-state index is -4.73. The molecule has 1 aromatic heterocycles. The van der Waals surface area contributed by atoms with E-state index in [2.05, 4.69) is 10.4 Å². The Balaban J connectivity index is 1.84. The number of carbonyl (C=O) groups excluding carboxylic acids is 1. The fraction of sp³-hybridized carbons (Fsp3) is 0.400. The van der Waals surface area contributed by atoms with Crippen LogP contribution in [0.1, 0.15) is 5.82 Å². The van der Waals surface area contributed by atoms with Gasteiger partial charge in [0.05, 0.1) is 13.7 Å². The minimum Gasteiger partial charge on any atom is -0.497 e. The SMILES string of the molecule is COc1cccc(OCC(=O)NCCn2nc(C(F)(F)F)n(C)c2=O)c1. The molecule has 0 bridgehead atoms. The lowest BCUT2D eigenvalue weighted by molar-refractivity contribution is -0.147. The van der Waals surface area contributed by atoms with Gasteiger partial charge in [-0.05, 0) is 12.1 Å². The first kappa shape index (κ1) is 19.3. The number of aromatic nitrogens is 3. The molecule has 0 saturated heterocycles. The highest BCUT2D eigenvalue weighted by Gasteiger charge is 2.37. The van der Waals surface area contributed by atoms with Gasteiger partial charge in [-0.3, -0.25) is 9.36 Å². The van der Waals surface area contributed by atoms with Gasteiger partial charge >= 0.3 is 11.9 Å². The van der Waals surface area contributed by atoms with Crippen LogP contribution in [-0.2, 0) is 24.6 Å². The molecule has 2 rings (SSSR count). The zero-order chi connectivity index (χ0) is 19.3. The summed E-state index contributed by atoms with van der Waals surface area (Å²) in [6, 6.07) is 6.64. The fourth-order valence-electron chi connectivity index (χ4n) is 2.07. The molecule has 2 aromatic rings. The number of nitrogens with one attached hydrogen (secondary N) is 1. The van der Waals surface area contributed by atoms with Crippen molar-refractivity contribution in [1.82, 2.24) is 19.7 Å². The Kier molecular flexibility index (Phi) is 5.90. The Morgan fingerprint density at radius 3 is 2.62 bits per heavy atom. The summed E-state index contributed by atoms with van der Waals surface area (Å²) in [6.45, 7) is -0.569. The Morgan fingerprint density at radius 2 is 2.00 bits per heavy atom. The molecule has 0 fully saturated rings. The summed E-state index contributed by atoms with van der Waals surface area (Å²) in [6.07, 6.45) is -4.73. The van der Waals surface area contributed by atoms with Gasteiger partial charge in [0.25, 0.3) is 5.91 Å². The third-order valence-corrected chi connectivity index (χ3v) is 3.35. The maximum absolute atomic E-state index is 12.7. The second-order valence-electron chi connectivity index (χ2n) is 5.20. The number of benzene rings is 1. The van der Waals surface area contributed by atoms with Crippen LogP contribution in [0.4, 0.5) is 13.2 Å². The van der Waals surface area contributed by atoms with Gasteiger partial charge in [0.2, 0.25) is 5.82 Å². The van der Waals surface area contributed by atoms with E-state index in [-0.39, 0.29) is 19.7 Å². The molecule has 11 heteroatoms. The summed E-state index contributed by atoms with van der Waals surface area (Å²) in [7, 11) is 2.48. The van der Waals surface area contributed by atoms with Crippen LogP contribution in [0.25, 0.3) is 0 Å². The van der Waals surface area contributed by atoms with Gasteiger partial charge in [-0.2, -0.15) is 13.2 Å². The molecular formula is C15H17F3N4O4. The van der Waals surface area contributed by atoms with Crippen molar-refractivity contribution < 1.29 is 27.4 Å². The Bertz CT molecular complexity index is 829. The third-order valence-electron chi connectivity index (χ3n) is 3.35. The second kappa shape index (κ2) is 7.93. The molecule has 1 amide bonds. The van der Waals surface area contributed by atoms with Crippen LogP contribution in [0, 0.1) is 0 Å². The molecule has 8 nitrogen and oxygen atoms in total. The normalized spacial score (nSPS) is 11.3. The van der Waals surface area contributed by atoms with Gasteiger partial charge in [0, 0.05) is 19.7 Å². The van der Waals surface area contributed by atoms with Crippen molar-refractivity contribution in [1.29, 1.82) is 0 Å². The Hall–Kier alpha value is -2.98. The van der Waals surface area contributed by atoms with E-state index >= 15 is 0 Å². The zero-order valence-electron chi connectivity index (χ0n) is 14.0. The summed E-state index contributed by atoms with van der Waals surface area (Å²) in [4.78, 5) is 23.4. The standard InChI is InChI=1S/C15H17F3N4O4/c1-21-13(15(16,17)18)20-22(14(21)24)7-6-19-12(23)9-26-11-5-3-4-10(8-11)25-2/h3-5,8H,6-7,9H2,1-2H3,(H,19,23). The van der Waals surface area contributed by atoms with Crippen molar-refractivity contribution in [2.75, 3.05) is 20.3 Å². The van der Waals surface area contributed by atoms with E-state index in [1.54, 1.807) is 24.3 Å². The number of hydrogen-bond acceptors (Lipinski definition) is 5. The van der Waals surface area contributed by atoms with Crippen molar-refractivity contribution in [3.05, 3.63) is 40.6 Å². The first-order valence-corrected chi connectivity index (χ1v) is 7.47. The van der Waals surface area contributed by atoms with Crippen LogP contribution in [0.15, 0.2) is 29.1 Å². The fourth-order valence-corrected chi connectivity index (χ4v) is 2.07. The smallest absolute Gasteiger partial charge is 0.451 e. The summed E-state index contributed by atoms with van der Waals surface area (Å²) in [5.74, 6) is -0.795. The lowest BCUT2D eigenvalue weighted by atomic mass is 10.3. The largest absolute Gasteiger partial charge is 0.497 e. The molecule has 0 saturated carbocycles. The van der Waals surface area contributed by atoms with Crippen molar-refractivity contribution in [2.45, 2.75) is 12.7 Å². The van der Waals surface area contributed by atoms with Gasteiger partial charge in [0.15, 0.2) is 6.61 Å². The molecule has 0 aliphatic heterocycles. The highest BCUT2D eigenvalue weighted by molar-refractivity contribution is 5.77. The van der Waals surface area contributed by atoms with Crippen LogP contribution in [0.2, 0.25) is 0 Å². The highest BCUT2D eigenvalue weighted by Crippen LogP contribution is 2.25. The Morgan fingerprint density at radius 1 is 1.31 bits per heavy atom. The third kappa shape index (κ3) is 4.77. The lowest BCUT2D eigenvalue weighted by Gasteiger charge is -2.08. The molecule has 0 aliphatic carbocycles. The van der Waals surface area contributed by atoms with E-state index < -0.39 is 23.6 Å². The molecule has 1 heterocycles. The minimum absolute atomic E-state index is 0.0749. The molecule has 0 radical (unpaired) electrons. The molecule has 0 atom stereocenters. The van der Waals surface area contributed by atoms with Gasteiger partial charge in [0.1, 0.15) is 11.5 Å². The van der Waals surface area contributed by atoms with E-state index in [0.717, 1.165) is 7.05 Å². The molecule has 1 N–H and O–H groups in total. The number of carbonyl (C=O) groups is 1. The maximum atomic E-state index is 12.7. The quantitative estimate of drug-likeness (QED) is 0.775. The van der Waals surface area contributed by atoms with Crippen molar-refractivity contribution >= 4 is 5.91 Å². The van der Waals surface area contributed by atoms with Gasteiger partial charge < -0.3 is 14.8 Å². The maximum Gasteiger partial charge on any atom is 0.451 e.